The predicted molar refractivity (Wildman–Crippen MR) is 56.4 cm³/mol. The molecule has 0 unspecified atom stereocenters. The van der Waals surface area contributed by atoms with E-state index in [1.807, 2.05) is 0 Å². The van der Waals surface area contributed by atoms with E-state index in [-0.39, 0.29) is 13.1 Å². The summed E-state index contributed by atoms with van der Waals surface area (Å²) >= 11 is 5.14. The van der Waals surface area contributed by atoms with Crippen molar-refractivity contribution in [3.8, 4) is 0 Å². The van der Waals surface area contributed by atoms with Crippen LogP contribution in [0.2, 0.25) is 5.02 Å². The second kappa shape index (κ2) is 4.70. The van der Waals surface area contributed by atoms with E-state index in [0.717, 1.165) is 0 Å². The molecule has 1 heterocycles. The van der Waals surface area contributed by atoms with Crippen LogP contribution in [0.5, 0.6) is 0 Å². The summed E-state index contributed by atoms with van der Waals surface area (Å²) in [5.41, 5.74) is -0.689. The number of benzene rings is 1. The average Bonchev–Trinajstić information content (AvgIpc) is 2.36. The summed E-state index contributed by atoms with van der Waals surface area (Å²) in [4.78, 5) is 1.25. The van der Waals surface area contributed by atoms with Gasteiger partial charge in [-0.15, -0.1) is 0 Å². The van der Waals surface area contributed by atoms with E-state index in [2.05, 4.69) is 5.32 Å². The lowest BCUT2D eigenvalue weighted by Gasteiger charge is -2.30. The fourth-order valence-corrected chi connectivity index (χ4v) is 1.93. The molecule has 2 nitrogen and oxygen atoms in total. The number of hydrogen-bond donors (Lipinski definition) is 1. The van der Waals surface area contributed by atoms with Gasteiger partial charge in [-0.3, -0.25) is 0 Å². The van der Waals surface area contributed by atoms with Crippen LogP contribution in [-0.2, 0) is 0 Å². The molecule has 0 atom stereocenters. The molecule has 0 saturated carbocycles. The number of hydrogen-bond acceptors (Lipinski definition) is 2. The summed E-state index contributed by atoms with van der Waals surface area (Å²) in [6.45, 7) is 1.53. The Morgan fingerprint density at radius 3 is 1.82 bits per heavy atom. The summed E-state index contributed by atoms with van der Waals surface area (Å²) in [6, 6.07) is 0. The van der Waals surface area contributed by atoms with Crippen LogP contribution in [0.25, 0.3) is 0 Å². The number of anilines is 1. The van der Waals surface area contributed by atoms with E-state index in [0.29, 0.717) is 13.1 Å². The molecule has 1 aromatic carbocycles. The van der Waals surface area contributed by atoms with Gasteiger partial charge in [0.25, 0.3) is 0 Å². The van der Waals surface area contributed by atoms with Crippen molar-refractivity contribution in [3.63, 3.8) is 0 Å². The standard InChI is InChI=1S/C10H9ClF4N2/c11-5-6(12)8(14)10(9(15)7(5)13)17-3-1-16-2-4-17/h16H,1-4H2. The molecular formula is C10H9ClF4N2. The van der Waals surface area contributed by atoms with Crippen LogP contribution in [0.1, 0.15) is 0 Å². The molecule has 0 aliphatic carbocycles. The summed E-state index contributed by atoms with van der Waals surface area (Å²) < 4.78 is 53.6. The smallest absolute Gasteiger partial charge is 0.186 e. The highest BCUT2D eigenvalue weighted by Gasteiger charge is 2.28. The minimum absolute atomic E-state index is 0.272. The highest BCUT2D eigenvalue weighted by Crippen LogP contribution is 2.33. The van der Waals surface area contributed by atoms with Gasteiger partial charge in [-0.05, 0) is 0 Å². The summed E-state index contributed by atoms with van der Waals surface area (Å²) in [5, 5.41) is 1.81. The zero-order valence-electron chi connectivity index (χ0n) is 8.67. The van der Waals surface area contributed by atoms with Gasteiger partial charge in [0.1, 0.15) is 10.7 Å². The Bertz CT molecular complexity index is 417. The lowest BCUT2D eigenvalue weighted by atomic mass is 10.2. The van der Waals surface area contributed by atoms with Crippen LogP contribution in [0.15, 0.2) is 0 Å². The molecule has 1 aliphatic heterocycles. The quantitative estimate of drug-likeness (QED) is 0.478. The third-order valence-electron chi connectivity index (χ3n) is 2.62. The number of nitrogens with one attached hydrogen (secondary N) is 1. The highest BCUT2D eigenvalue weighted by molar-refractivity contribution is 6.31. The van der Waals surface area contributed by atoms with E-state index < -0.39 is 34.0 Å². The Hall–Kier alpha value is -1.01. The minimum atomic E-state index is -1.56. The van der Waals surface area contributed by atoms with Crippen molar-refractivity contribution in [2.75, 3.05) is 31.1 Å². The average molecular weight is 269 g/mol. The molecule has 1 aromatic rings. The molecule has 1 fully saturated rings. The van der Waals surface area contributed by atoms with Gasteiger partial charge in [0.05, 0.1) is 0 Å². The molecule has 1 aliphatic rings. The van der Waals surface area contributed by atoms with Gasteiger partial charge in [0.15, 0.2) is 23.3 Å². The molecule has 0 aromatic heterocycles. The molecule has 0 spiro atoms. The number of nitrogens with zero attached hydrogens (tertiary/aromatic N) is 1. The molecule has 94 valence electrons. The van der Waals surface area contributed by atoms with E-state index in [9.17, 15) is 17.6 Å². The first-order valence-corrected chi connectivity index (χ1v) is 5.39. The third kappa shape index (κ3) is 2.07. The van der Waals surface area contributed by atoms with Gasteiger partial charge >= 0.3 is 0 Å². The van der Waals surface area contributed by atoms with Crippen molar-refractivity contribution >= 4 is 17.3 Å². The van der Waals surface area contributed by atoms with Crippen molar-refractivity contribution in [3.05, 3.63) is 28.3 Å². The summed E-state index contributed by atoms with van der Waals surface area (Å²) in [7, 11) is 0. The molecule has 0 bridgehead atoms. The van der Waals surface area contributed by atoms with Crippen LogP contribution < -0.4 is 10.2 Å². The maximum Gasteiger partial charge on any atom is 0.186 e. The lowest BCUT2D eigenvalue weighted by Crippen LogP contribution is -2.44. The Morgan fingerprint density at radius 2 is 1.35 bits per heavy atom. The Kier molecular flexibility index (Phi) is 3.44. The molecule has 0 amide bonds. The van der Waals surface area contributed by atoms with Crippen molar-refractivity contribution < 1.29 is 17.6 Å². The number of rotatable bonds is 1. The van der Waals surface area contributed by atoms with E-state index in [4.69, 9.17) is 11.6 Å². The Balaban J connectivity index is 2.52. The van der Waals surface area contributed by atoms with Crippen molar-refractivity contribution in [1.29, 1.82) is 0 Å². The highest BCUT2D eigenvalue weighted by atomic mass is 35.5. The van der Waals surface area contributed by atoms with Crippen molar-refractivity contribution in [1.82, 2.24) is 5.32 Å². The maximum atomic E-state index is 13.6. The molecule has 7 heteroatoms. The molecule has 0 radical (unpaired) electrons. The van der Waals surface area contributed by atoms with Gasteiger partial charge in [-0.25, -0.2) is 17.6 Å². The molecule has 17 heavy (non-hydrogen) atoms. The van der Waals surface area contributed by atoms with E-state index in [1.54, 1.807) is 0 Å². The van der Waals surface area contributed by atoms with Crippen LogP contribution in [0.3, 0.4) is 0 Å². The van der Waals surface area contributed by atoms with Gasteiger partial charge in [-0.1, -0.05) is 11.6 Å². The number of halogens is 5. The van der Waals surface area contributed by atoms with Crippen LogP contribution in [-0.4, -0.2) is 26.2 Å². The number of piperazine rings is 1. The Labute approximate surface area is 100 Å². The largest absolute Gasteiger partial charge is 0.364 e. The van der Waals surface area contributed by atoms with Crippen molar-refractivity contribution in [2.24, 2.45) is 0 Å². The zero-order chi connectivity index (χ0) is 12.6. The fourth-order valence-electron chi connectivity index (χ4n) is 1.76. The van der Waals surface area contributed by atoms with E-state index >= 15 is 0 Å². The monoisotopic (exact) mass is 268 g/mol. The molecule has 1 saturated heterocycles. The lowest BCUT2D eigenvalue weighted by molar-refractivity contribution is 0.447. The first-order valence-electron chi connectivity index (χ1n) is 5.01. The summed E-state index contributed by atoms with van der Waals surface area (Å²) in [6.07, 6.45) is 0. The van der Waals surface area contributed by atoms with Gasteiger partial charge < -0.3 is 10.2 Å². The van der Waals surface area contributed by atoms with Crippen LogP contribution >= 0.6 is 11.6 Å². The van der Waals surface area contributed by atoms with Crippen molar-refractivity contribution in [2.45, 2.75) is 0 Å². The topological polar surface area (TPSA) is 15.3 Å². The second-order valence-corrected chi connectivity index (χ2v) is 4.03. The molecule has 1 N–H and O–H groups in total. The first kappa shape index (κ1) is 12.4. The second-order valence-electron chi connectivity index (χ2n) is 3.66. The third-order valence-corrected chi connectivity index (χ3v) is 2.95. The van der Waals surface area contributed by atoms with Crippen LogP contribution in [0.4, 0.5) is 23.2 Å². The fraction of sp³-hybridized carbons (Fsp3) is 0.400. The van der Waals surface area contributed by atoms with Crippen LogP contribution in [0, 0.1) is 23.3 Å². The first-order chi connectivity index (χ1) is 8.04. The van der Waals surface area contributed by atoms with E-state index in [1.165, 1.54) is 4.90 Å². The molecule has 2 rings (SSSR count). The van der Waals surface area contributed by atoms with Gasteiger partial charge in [0.2, 0.25) is 0 Å². The summed E-state index contributed by atoms with van der Waals surface area (Å²) in [5.74, 6) is -6.01. The molecular weight excluding hydrogens is 260 g/mol. The van der Waals surface area contributed by atoms with Gasteiger partial charge in [0, 0.05) is 26.2 Å². The zero-order valence-corrected chi connectivity index (χ0v) is 9.42. The minimum Gasteiger partial charge on any atom is -0.364 e. The Morgan fingerprint density at radius 1 is 0.882 bits per heavy atom. The predicted octanol–water partition coefficient (Wildman–Crippen LogP) is 2.31. The SMILES string of the molecule is Fc1c(F)c(N2CCNCC2)c(F)c(F)c1Cl. The maximum absolute atomic E-state index is 13.6. The normalized spacial score (nSPS) is 16.4. The van der Waals surface area contributed by atoms with Gasteiger partial charge in [-0.2, -0.15) is 0 Å².